The summed E-state index contributed by atoms with van der Waals surface area (Å²) in [5, 5.41) is 3.57. The molecule has 1 unspecified atom stereocenters. The SMILES string of the molecule is CCC1CCCN1Cc1occc1CNC1CC1. The number of nitrogens with one attached hydrogen (secondary N) is 1. The van der Waals surface area contributed by atoms with Crippen LogP contribution in [0.15, 0.2) is 16.7 Å². The molecule has 1 N–H and O–H groups in total. The Hall–Kier alpha value is -0.800. The van der Waals surface area contributed by atoms with Crippen molar-refractivity contribution in [3.05, 3.63) is 23.7 Å². The Labute approximate surface area is 110 Å². The van der Waals surface area contributed by atoms with Crippen LogP contribution in [0, 0.1) is 0 Å². The van der Waals surface area contributed by atoms with Crippen molar-refractivity contribution in [2.45, 2.75) is 64.2 Å². The van der Waals surface area contributed by atoms with Gasteiger partial charge in [0.05, 0.1) is 12.8 Å². The molecule has 0 aromatic carbocycles. The summed E-state index contributed by atoms with van der Waals surface area (Å²) in [6.45, 7) is 5.49. The van der Waals surface area contributed by atoms with E-state index in [2.05, 4.69) is 23.2 Å². The molecular weight excluding hydrogens is 224 g/mol. The molecule has 3 heteroatoms. The summed E-state index contributed by atoms with van der Waals surface area (Å²) in [6.07, 6.45) is 8.49. The van der Waals surface area contributed by atoms with Crippen LogP contribution in [-0.4, -0.2) is 23.5 Å². The molecule has 0 bridgehead atoms. The van der Waals surface area contributed by atoms with Crippen LogP contribution in [0.25, 0.3) is 0 Å². The first-order valence-corrected chi connectivity index (χ1v) is 7.39. The lowest BCUT2D eigenvalue weighted by molar-refractivity contribution is 0.220. The van der Waals surface area contributed by atoms with Crippen LogP contribution in [-0.2, 0) is 13.1 Å². The third kappa shape index (κ3) is 2.78. The average Bonchev–Trinajstić information content (AvgIpc) is 2.94. The van der Waals surface area contributed by atoms with Gasteiger partial charge in [-0.2, -0.15) is 0 Å². The molecule has 1 aliphatic carbocycles. The van der Waals surface area contributed by atoms with Gasteiger partial charge in [-0.25, -0.2) is 0 Å². The van der Waals surface area contributed by atoms with E-state index in [1.54, 1.807) is 0 Å². The van der Waals surface area contributed by atoms with Crippen molar-refractivity contribution in [3.8, 4) is 0 Å². The van der Waals surface area contributed by atoms with Crippen LogP contribution in [0.3, 0.4) is 0 Å². The van der Waals surface area contributed by atoms with Gasteiger partial charge in [0.15, 0.2) is 0 Å². The predicted molar refractivity (Wildman–Crippen MR) is 72.3 cm³/mol. The summed E-state index contributed by atoms with van der Waals surface area (Å²) in [5.41, 5.74) is 1.35. The van der Waals surface area contributed by atoms with Crippen LogP contribution in [0.2, 0.25) is 0 Å². The molecule has 3 rings (SSSR count). The maximum absolute atomic E-state index is 5.69. The lowest BCUT2D eigenvalue weighted by atomic mass is 10.1. The van der Waals surface area contributed by atoms with Crippen molar-refractivity contribution >= 4 is 0 Å². The highest BCUT2D eigenvalue weighted by atomic mass is 16.3. The standard InChI is InChI=1S/C15H24N2O/c1-2-14-4-3-8-17(14)11-15-12(7-9-18-15)10-16-13-5-6-13/h7,9,13-14,16H,2-6,8,10-11H2,1H3. The smallest absolute Gasteiger partial charge is 0.122 e. The minimum Gasteiger partial charge on any atom is -0.468 e. The molecule has 1 aromatic rings. The fourth-order valence-corrected chi connectivity index (χ4v) is 2.96. The van der Waals surface area contributed by atoms with E-state index >= 15 is 0 Å². The topological polar surface area (TPSA) is 28.4 Å². The maximum Gasteiger partial charge on any atom is 0.122 e. The molecule has 2 heterocycles. The number of rotatable bonds is 6. The van der Waals surface area contributed by atoms with Gasteiger partial charge >= 0.3 is 0 Å². The quantitative estimate of drug-likeness (QED) is 0.839. The molecule has 18 heavy (non-hydrogen) atoms. The maximum atomic E-state index is 5.69. The molecule has 1 aromatic heterocycles. The molecular formula is C15H24N2O. The second-order valence-corrected chi connectivity index (χ2v) is 5.70. The average molecular weight is 248 g/mol. The zero-order chi connectivity index (χ0) is 12.4. The zero-order valence-electron chi connectivity index (χ0n) is 11.3. The molecule has 100 valence electrons. The Morgan fingerprint density at radius 1 is 1.39 bits per heavy atom. The van der Waals surface area contributed by atoms with E-state index in [1.165, 1.54) is 50.0 Å². The van der Waals surface area contributed by atoms with Crippen molar-refractivity contribution in [1.82, 2.24) is 10.2 Å². The van der Waals surface area contributed by atoms with Crippen molar-refractivity contribution in [2.75, 3.05) is 6.54 Å². The Kier molecular flexibility index (Phi) is 3.71. The fraction of sp³-hybridized carbons (Fsp3) is 0.733. The largest absolute Gasteiger partial charge is 0.468 e. The van der Waals surface area contributed by atoms with Crippen molar-refractivity contribution in [1.29, 1.82) is 0 Å². The zero-order valence-corrected chi connectivity index (χ0v) is 11.3. The lowest BCUT2D eigenvalue weighted by Gasteiger charge is -2.22. The Morgan fingerprint density at radius 2 is 2.28 bits per heavy atom. The van der Waals surface area contributed by atoms with Crippen LogP contribution in [0.5, 0.6) is 0 Å². The van der Waals surface area contributed by atoms with E-state index in [0.29, 0.717) is 0 Å². The van der Waals surface area contributed by atoms with Crippen molar-refractivity contribution < 1.29 is 4.42 Å². The molecule has 0 radical (unpaired) electrons. The highest BCUT2D eigenvalue weighted by Crippen LogP contribution is 2.25. The molecule has 1 aliphatic heterocycles. The van der Waals surface area contributed by atoms with Crippen LogP contribution < -0.4 is 5.32 Å². The summed E-state index contributed by atoms with van der Waals surface area (Å²) >= 11 is 0. The van der Waals surface area contributed by atoms with Gasteiger partial charge in [-0.15, -0.1) is 0 Å². The van der Waals surface area contributed by atoms with Gasteiger partial charge in [0.2, 0.25) is 0 Å². The summed E-state index contributed by atoms with van der Waals surface area (Å²) in [4.78, 5) is 2.58. The highest BCUT2D eigenvalue weighted by Gasteiger charge is 2.25. The van der Waals surface area contributed by atoms with Gasteiger partial charge < -0.3 is 9.73 Å². The van der Waals surface area contributed by atoms with Crippen LogP contribution >= 0.6 is 0 Å². The van der Waals surface area contributed by atoms with E-state index in [1.807, 2.05) is 6.26 Å². The van der Waals surface area contributed by atoms with Gasteiger partial charge in [0, 0.05) is 24.2 Å². The van der Waals surface area contributed by atoms with Gasteiger partial charge in [0.25, 0.3) is 0 Å². The first kappa shape index (κ1) is 12.2. The molecule has 1 saturated carbocycles. The van der Waals surface area contributed by atoms with E-state index in [0.717, 1.165) is 25.2 Å². The number of likely N-dealkylation sites (tertiary alicyclic amines) is 1. The Bertz CT molecular complexity index is 384. The molecule has 0 amide bonds. The normalized spacial score (nSPS) is 24.8. The van der Waals surface area contributed by atoms with Gasteiger partial charge in [-0.05, 0) is 44.7 Å². The summed E-state index contributed by atoms with van der Waals surface area (Å²) < 4.78 is 5.69. The lowest BCUT2D eigenvalue weighted by Crippen LogP contribution is -2.28. The second-order valence-electron chi connectivity index (χ2n) is 5.70. The van der Waals surface area contributed by atoms with Crippen molar-refractivity contribution in [3.63, 3.8) is 0 Å². The Balaban J connectivity index is 1.59. The molecule has 1 atom stereocenters. The first-order valence-electron chi connectivity index (χ1n) is 7.39. The number of hydrogen-bond acceptors (Lipinski definition) is 3. The molecule has 3 nitrogen and oxygen atoms in total. The number of hydrogen-bond donors (Lipinski definition) is 1. The molecule has 2 fully saturated rings. The van der Waals surface area contributed by atoms with Gasteiger partial charge in [-0.1, -0.05) is 6.92 Å². The van der Waals surface area contributed by atoms with Gasteiger partial charge in [-0.3, -0.25) is 4.90 Å². The highest BCUT2D eigenvalue weighted by molar-refractivity contribution is 5.17. The third-order valence-electron chi connectivity index (χ3n) is 4.31. The van der Waals surface area contributed by atoms with E-state index < -0.39 is 0 Å². The van der Waals surface area contributed by atoms with Gasteiger partial charge in [0.1, 0.15) is 5.76 Å². The summed E-state index contributed by atoms with van der Waals surface area (Å²) in [5.74, 6) is 1.17. The predicted octanol–water partition coefficient (Wildman–Crippen LogP) is 2.91. The Morgan fingerprint density at radius 3 is 3.06 bits per heavy atom. The first-order chi connectivity index (χ1) is 8.86. The van der Waals surface area contributed by atoms with E-state index in [-0.39, 0.29) is 0 Å². The van der Waals surface area contributed by atoms with E-state index in [4.69, 9.17) is 4.42 Å². The summed E-state index contributed by atoms with van der Waals surface area (Å²) in [7, 11) is 0. The van der Waals surface area contributed by atoms with Crippen molar-refractivity contribution in [2.24, 2.45) is 0 Å². The minimum absolute atomic E-state index is 0.763. The number of nitrogens with zero attached hydrogens (tertiary/aromatic N) is 1. The second kappa shape index (κ2) is 5.45. The minimum atomic E-state index is 0.763. The number of furan rings is 1. The fourth-order valence-electron chi connectivity index (χ4n) is 2.96. The van der Waals surface area contributed by atoms with Crippen LogP contribution in [0.1, 0.15) is 50.4 Å². The molecule has 2 aliphatic rings. The molecule has 1 saturated heterocycles. The summed E-state index contributed by atoms with van der Waals surface area (Å²) in [6, 6.07) is 3.66. The van der Waals surface area contributed by atoms with E-state index in [9.17, 15) is 0 Å². The third-order valence-corrected chi connectivity index (χ3v) is 4.31. The molecule has 0 spiro atoms. The monoisotopic (exact) mass is 248 g/mol. The van der Waals surface area contributed by atoms with Crippen LogP contribution in [0.4, 0.5) is 0 Å².